The minimum absolute atomic E-state index is 0.313. The number of ether oxygens (including phenoxy) is 2. The summed E-state index contributed by atoms with van der Waals surface area (Å²) in [5.41, 5.74) is 8.50. The molecule has 0 saturated carbocycles. The molecule has 0 radical (unpaired) electrons. The largest absolute Gasteiger partial charge is 0.384 e. The molecule has 1 aromatic rings. The minimum atomic E-state index is 0.313. The fourth-order valence-corrected chi connectivity index (χ4v) is 3.02. The molecule has 112 valence electrons. The van der Waals surface area contributed by atoms with Crippen molar-refractivity contribution in [1.29, 1.82) is 0 Å². The Morgan fingerprint density at radius 3 is 2.60 bits per heavy atom. The molecule has 0 bridgehead atoms. The summed E-state index contributed by atoms with van der Waals surface area (Å²) in [6, 6.07) is 8.92. The van der Waals surface area contributed by atoms with Crippen LogP contribution in [-0.2, 0) is 16.1 Å². The van der Waals surface area contributed by atoms with E-state index < -0.39 is 0 Å². The van der Waals surface area contributed by atoms with Crippen LogP contribution in [0.2, 0.25) is 0 Å². The molecule has 2 unspecified atom stereocenters. The monoisotopic (exact) mass is 278 g/mol. The van der Waals surface area contributed by atoms with Crippen molar-refractivity contribution in [2.24, 2.45) is 11.7 Å². The van der Waals surface area contributed by atoms with Gasteiger partial charge in [-0.05, 0) is 30.0 Å². The zero-order valence-electron chi connectivity index (χ0n) is 12.5. The Labute approximate surface area is 121 Å². The van der Waals surface area contributed by atoms with Gasteiger partial charge in [0.1, 0.15) is 0 Å². The van der Waals surface area contributed by atoms with Crippen molar-refractivity contribution in [3.05, 3.63) is 35.4 Å². The van der Waals surface area contributed by atoms with Gasteiger partial charge in [0.05, 0.1) is 13.2 Å². The van der Waals surface area contributed by atoms with Gasteiger partial charge in [-0.25, -0.2) is 0 Å². The molecule has 0 aliphatic carbocycles. The van der Waals surface area contributed by atoms with E-state index >= 15 is 0 Å². The van der Waals surface area contributed by atoms with Crippen LogP contribution in [0.1, 0.15) is 23.6 Å². The first kappa shape index (κ1) is 15.4. The average Bonchev–Trinajstić information content (AvgIpc) is 2.91. The molecule has 20 heavy (non-hydrogen) atoms. The Bertz CT molecular complexity index is 394. The van der Waals surface area contributed by atoms with Crippen LogP contribution in [0.4, 0.5) is 0 Å². The lowest BCUT2D eigenvalue weighted by molar-refractivity contribution is 0.147. The van der Waals surface area contributed by atoms with Gasteiger partial charge >= 0.3 is 0 Å². The predicted molar refractivity (Wildman–Crippen MR) is 80.5 cm³/mol. The molecular weight excluding hydrogens is 252 g/mol. The highest BCUT2D eigenvalue weighted by Crippen LogP contribution is 2.27. The topological polar surface area (TPSA) is 47.7 Å². The Kier molecular flexibility index (Phi) is 5.98. The van der Waals surface area contributed by atoms with E-state index in [1.165, 1.54) is 17.5 Å². The molecule has 1 aliphatic rings. The number of benzene rings is 1. The molecule has 2 atom stereocenters. The Hall–Kier alpha value is -0.940. The number of rotatable bonds is 7. The average molecular weight is 278 g/mol. The van der Waals surface area contributed by atoms with Crippen molar-refractivity contribution in [2.75, 3.05) is 40.5 Å². The van der Waals surface area contributed by atoms with E-state index in [0.717, 1.165) is 19.7 Å². The zero-order chi connectivity index (χ0) is 14.4. The molecule has 2 N–H and O–H groups in total. The third kappa shape index (κ3) is 3.79. The summed E-state index contributed by atoms with van der Waals surface area (Å²) in [7, 11) is 3.49. The van der Waals surface area contributed by atoms with Gasteiger partial charge in [-0.3, -0.25) is 4.90 Å². The number of nitrogens with two attached hydrogens (primary N) is 1. The lowest BCUT2D eigenvalue weighted by atomic mass is 10.0. The van der Waals surface area contributed by atoms with Gasteiger partial charge < -0.3 is 15.2 Å². The summed E-state index contributed by atoms with van der Waals surface area (Å²) in [6.45, 7) is 4.35. The van der Waals surface area contributed by atoms with Crippen molar-refractivity contribution in [3.63, 3.8) is 0 Å². The lowest BCUT2D eigenvalue weighted by Crippen LogP contribution is -2.32. The third-order valence-corrected chi connectivity index (χ3v) is 4.06. The molecule has 0 spiro atoms. The normalized spacial score (nSPS) is 21.2. The molecule has 4 nitrogen and oxygen atoms in total. The SMILES string of the molecule is COCc1ccc(C(CN)N2CCC(COC)C2)cc1. The fourth-order valence-electron chi connectivity index (χ4n) is 3.02. The molecular formula is C16H26N2O2. The number of likely N-dealkylation sites (tertiary alicyclic amines) is 1. The maximum absolute atomic E-state index is 6.00. The van der Waals surface area contributed by atoms with Crippen LogP contribution in [0.15, 0.2) is 24.3 Å². The van der Waals surface area contributed by atoms with Crippen LogP contribution >= 0.6 is 0 Å². The maximum atomic E-state index is 6.00. The highest BCUT2D eigenvalue weighted by Gasteiger charge is 2.28. The summed E-state index contributed by atoms with van der Waals surface area (Å²) >= 11 is 0. The van der Waals surface area contributed by atoms with Crippen molar-refractivity contribution in [2.45, 2.75) is 19.1 Å². The van der Waals surface area contributed by atoms with E-state index in [2.05, 4.69) is 29.2 Å². The zero-order valence-corrected chi connectivity index (χ0v) is 12.5. The van der Waals surface area contributed by atoms with Crippen LogP contribution in [0.3, 0.4) is 0 Å². The van der Waals surface area contributed by atoms with Crippen LogP contribution in [-0.4, -0.2) is 45.4 Å². The number of methoxy groups -OCH3 is 2. The predicted octanol–water partition coefficient (Wildman–Crippen LogP) is 1.80. The van der Waals surface area contributed by atoms with Gasteiger partial charge in [-0.1, -0.05) is 24.3 Å². The van der Waals surface area contributed by atoms with Crippen LogP contribution in [0, 0.1) is 5.92 Å². The van der Waals surface area contributed by atoms with E-state index in [1.807, 2.05) is 0 Å². The maximum Gasteiger partial charge on any atom is 0.0713 e. The Morgan fingerprint density at radius 1 is 1.25 bits per heavy atom. The van der Waals surface area contributed by atoms with Gasteiger partial charge in [0.15, 0.2) is 0 Å². The number of hydrogen-bond donors (Lipinski definition) is 1. The first-order valence-corrected chi connectivity index (χ1v) is 7.29. The van der Waals surface area contributed by atoms with Crippen LogP contribution < -0.4 is 5.73 Å². The summed E-state index contributed by atoms with van der Waals surface area (Å²) in [5.74, 6) is 0.641. The second-order valence-electron chi connectivity index (χ2n) is 5.53. The van der Waals surface area contributed by atoms with E-state index in [4.69, 9.17) is 15.2 Å². The number of nitrogens with zero attached hydrogens (tertiary/aromatic N) is 1. The fraction of sp³-hybridized carbons (Fsp3) is 0.625. The molecule has 1 heterocycles. The first-order chi connectivity index (χ1) is 9.78. The smallest absolute Gasteiger partial charge is 0.0713 e. The summed E-state index contributed by atoms with van der Waals surface area (Å²) in [6.07, 6.45) is 1.20. The quantitative estimate of drug-likeness (QED) is 0.826. The van der Waals surface area contributed by atoms with Crippen LogP contribution in [0.25, 0.3) is 0 Å². The van der Waals surface area contributed by atoms with Crippen molar-refractivity contribution < 1.29 is 9.47 Å². The standard InChI is InChI=1S/C16H26N2O2/c1-19-11-13-3-5-15(6-4-13)16(9-17)18-8-7-14(10-18)12-20-2/h3-6,14,16H,7-12,17H2,1-2H3. The lowest BCUT2D eigenvalue weighted by Gasteiger charge is -2.27. The molecule has 2 rings (SSSR count). The van der Waals surface area contributed by atoms with E-state index in [1.54, 1.807) is 14.2 Å². The second kappa shape index (κ2) is 7.74. The van der Waals surface area contributed by atoms with E-state index in [9.17, 15) is 0 Å². The van der Waals surface area contributed by atoms with Crippen LogP contribution in [0.5, 0.6) is 0 Å². The molecule has 4 heteroatoms. The molecule has 0 amide bonds. The molecule has 0 aromatic heterocycles. The number of hydrogen-bond acceptors (Lipinski definition) is 4. The van der Waals surface area contributed by atoms with Crippen molar-refractivity contribution >= 4 is 0 Å². The molecule has 1 fully saturated rings. The van der Waals surface area contributed by atoms with E-state index in [-0.39, 0.29) is 0 Å². The molecule has 1 saturated heterocycles. The van der Waals surface area contributed by atoms with Gasteiger partial charge in [0.25, 0.3) is 0 Å². The van der Waals surface area contributed by atoms with Gasteiger partial charge in [-0.15, -0.1) is 0 Å². The Morgan fingerprint density at radius 2 is 2.00 bits per heavy atom. The van der Waals surface area contributed by atoms with Crippen molar-refractivity contribution in [3.8, 4) is 0 Å². The summed E-state index contributed by atoms with van der Waals surface area (Å²) in [4.78, 5) is 2.48. The first-order valence-electron chi connectivity index (χ1n) is 7.29. The van der Waals surface area contributed by atoms with Gasteiger partial charge in [0.2, 0.25) is 0 Å². The molecule has 1 aromatic carbocycles. The summed E-state index contributed by atoms with van der Waals surface area (Å²) < 4.78 is 10.4. The van der Waals surface area contributed by atoms with E-state index in [0.29, 0.717) is 25.1 Å². The Balaban J connectivity index is 2.01. The van der Waals surface area contributed by atoms with Gasteiger partial charge in [-0.2, -0.15) is 0 Å². The minimum Gasteiger partial charge on any atom is -0.384 e. The third-order valence-electron chi connectivity index (χ3n) is 4.06. The summed E-state index contributed by atoms with van der Waals surface area (Å²) in [5, 5.41) is 0. The van der Waals surface area contributed by atoms with Crippen molar-refractivity contribution in [1.82, 2.24) is 4.90 Å². The highest BCUT2D eigenvalue weighted by molar-refractivity contribution is 5.25. The highest BCUT2D eigenvalue weighted by atomic mass is 16.5. The molecule has 1 aliphatic heterocycles. The second-order valence-corrected chi connectivity index (χ2v) is 5.53. The van der Waals surface area contributed by atoms with Gasteiger partial charge in [0, 0.05) is 33.4 Å².